The molecule has 1 aromatic rings. The van der Waals surface area contributed by atoms with E-state index in [1.165, 1.54) is 31.2 Å². The van der Waals surface area contributed by atoms with Gasteiger partial charge in [0.05, 0.1) is 18.0 Å². The van der Waals surface area contributed by atoms with Gasteiger partial charge in [-0.25, -0.2) is 17.9 Å². The molecule has 0 radical (unpaired) electrons. The summed E-state index contributed by atoms with van der Waals surface area (Å²) in [7, 11) is -2.87. The van der Waals surface area contributed by atoms with Crippen LogP contribution in [0.2, 0.25) is 0 Å². The number of ether oxygens (including phenoxy) is 4. The first-order valence-corrected chi connectivity index (χ1v) is 10.8. The number of carbonyl (C=O) groups excluding carboxylic acids is 2. The van der Waals surface area contributed by atoms with Gasteiger partial charge in [-0.2, -0.15) is 0 Å². The summed E-state index contributed by atoms with van der Waals surface area (Å²) >= 11 is 0. The molecule has 0 saturated carbocycles. The highest BCUT2D eigenvalue weighted by molar-refractivity contribution is 7.89. The fraction of sp³-hybridized carbons (Fsp3) is 0.500. The standard InChI is InChI=1S/C20H25NO8S/c1-12-6-8-14(9-7-12)30(24,25)21-16-11-10-15(27-13(2)22)17-20(16,18(23)26-5)29-19(3,4)28-17/h6-11,15-17,21H,1-5H3/t15-,16+,17+,20-/m0/s1. The smallest absolute Gasteiger partial charge is 0.343 e. The molecule has 3 rings (SSSR count). The Morgan fingerprint density at radius 3 is 2.33 bits per heavy atom. The molecule has 30 heavy (non-hydrogen) atoms. The van der Waals surface area contributed by atoms with Gasteiger partial charge in [-0.1, -0.05) is 23.8 Å². The van der Waals surface area contributed by atoms with E-state index < -0.39 is 51.6 Å². The Morgan fingerprint density at radius 1 is 1.13 bits per heavy atom. The summed E-state index contributed by atoms with van der Waals surface area (Å²) in [4.78, 5) is 24.5. The molecule has 1 aliphatic heterocycles. The van der Waals surface area contributed by atoms with Crippen LogP contribution in [0.3, 0.4) is 0 Å². The number of aryl methyl sites for hydroxylation is 1. The van der Waals surface area contributed by atoms with Crippen molar-refractivity contribution in [3.8, 4) is 0 Å². The fourth-order valence-corrected chi connectivity index (χ4v) is 4.93. The molecule has 0 aromatic heterocycles. The molecule has 0 spiro atoms. The summed E-state index contributed by atoms with van der Waals surface area (Å²) in [6, 6.07) is 5.09. The van der Waals surface area contributed by atoms with Gasteiger partial charge in [0, 0.05) is 6.92 Å². The number of hydrogen-bond donors (Lipinski definition) is 1. The Hall–Kier alpha value is -2.27. The maximum Gasteiger partial charge on any atom is 0.343 e. The summed E-state index contributed by atoms with van der Waals surface area (Å²) in [5.41, 5.74) is -0.999. The lowest BCUT2D eigenvalue weighted by Gasteiger charge is -2.40. The minimum Gasteiger partial charge on any atom is -0.467 e. The Kier molecular flexibility index (Phi) is 5.80. The van der Waals surface area contributed by atoms with E-state index in [2.05, 4.69) is 4.72 Å². The van der Waals surface area contributed by atoms with Crippen LogP contribution in [-0.4, -0.2) is 57.1 Å². The zero-order valence-corrected chi connectivity index (χ0v) is 18.2. The van der Waals surface area contributed by atoms with Gasteiger partial charge in [0.2, 0.25) is 15.6 Å². The van der Waals surface area contributed by atoms with Crippen molar-refractivity contribution < 1.29 is 37.0 Å². The Balaban J connectivity index is 2.06. The van der Waals surface area contributed by atoms with Gasteiger partial charge in [-0.3, -0.25) is 4.79 Å². The first-order chi connectivity index (χ1) is 13.9. The molecular formula is C20H25NO8S. The second-order valence-electron chi connectivity index (χ2n) is 7.70. The van der Waals surface area contributed by atoms with E-state index in [9.17, 15) is 18.0 Å². The summed E-state index contributed by atoms with van der Waals surface area (Å²) in [5, 5.41) is 0. The molecule has 0 amide bonds. The van der Waals surface area contributed by atoms with Crippen LogP contribution in [0.15, 0.2) is 41.3 Å². The van der Waals surface area contributed by atoms with Crippen LogP contribution < -0.4 is 4.72 Å². The Morgan fingerprint density at radius 2 is 1.77 bits per heavy atom. The average Bonchev–Trinajstić information content (AvgIpc) is 2.96. The first-order valence-electron chi connectivity index (χ1n) is 9.32. The molecule has 9 nitrogen and oxygen atoms in total. The van der Waals surface area contributed by atoms with Crippen molar-refractivity contribution in [3.63, 3.8) is 0 Å². The maximum atomic E-state index is 13.0. The third-order valence-electron chi connectivity index (χ3n) is 4.92. The van der Waals surface area contributed by atoms with Gasteiger partial charge in [0.25, 0.3) is 0 Å². The van der Waals surface area contributed by atoms with E-state index in [-0.39, 0.29) is 4.90 Å². The quantitative estimate of drug-likeness (QED) is 0.537. The molecule has 1 heterocycles. The van der Waals surface area contributed by atoms with E-state index in [1.54, 1.807) is 26.0 Å². The fourth-order valence-electron chi connectivity index (χ4n) is 3.71. The highest BCUT2D eigenvalue weighted by Gasteiger charge is 2.67. The van der Waals surface area contributed by atoms with Crippen molar-refractivity contribution in [1.82, 2.24) is 4.72 Å². The van der Waals surface area contributed by atoms with Crippen LogP contribution in [0.4, 0.5) is 0 Å². The van der Waals surface area contributed by atoms with Crippen molar-refractivity contribution in [2.45, 2.75) is 62.2 Å². The number of sulfonamides is 1. The van der Waals surface area contributed by atoms with Gasteiger partial charge in [0.15, 0.2) is 5.79 Å². The van der Waals surface area contributed by atoms with Crippen molar-refractivity contribution in [2.24, 2.45) is 0 Å². The molecule has 1 aliphatic carbocycles. The van der Waals surface area contributed by atoms with Crippen LogP contribution >= 0.6 is 0 Å². The number of hydrogen-bond acceptors (Lipinski definition) is 8. The molecule has 2 aliphatic rings. The van der Waals surface area contributed by atoms with E-state index in [4.69, 9.17) is 18.9 Å². The largest absolute Gasteiger partial charge is 0.467 e. The highest BCUT2D eigenvalue weighted by Crippen LogP contribution is 2.45. The molecule has 164 valence electrons. The lowest BCUT2D eigenvalue weighted by atomic mass is 9.81. The molecule has 0 unspecified atom stereocenters. The topological polar surface area (TPSA) is 117 Å². The summed E-state index contributed by atoms with van der Waals surface area (Å²) in [5.74, 6) is -2.71. The number of nitrogens with one attached hydrogen (secondary N) is 1. The highest BCUT2D eigenvalue weighted by atomic mass is 32.2. The normalized spacial score (nSPS) is 29.8. The summed E-state index contributed by atoms with van der Waals surface area (Å²) in [6.07, 6.45) is 0.792. The van der Waals surface area contributed by atoms with Crippen LogP contribution in [0, 0.1) is 6.92 Å². The zero-order chi connectivity index (χ0) is 22.3. The molecular weight excluding hydrogens is 414 g/mol. The Labute approximate surface area is 175 Å². The second kappa shape index (κ2) is 7.77. The monoisotopic (exact) mass is 439 g/mol. The average molecular weight is 439 g/mol. The predicted molar refractivity (Wildman–Crippen MR) is 105 cm³/mol. The number of carbonyl (C=O) groups is 2. The van der Waals surface area contributed by atoms with E-state index in [1.807, 2.05) is 6.92 Å². The molecule has 1 fully saturated rings. The van der Waals surface area contributed by atoms with Crippen molar-refractivity contribution >= 4 is 22.0 Å². The number of esters is 2. The van der Waals surface area contributed by atoms with E-state index >= 15 is 0 Å². The number of benzene rings is 1. The van der Waals surface area contributed by atoms with Gasteiger partial charge in [-0.15, -0.1) is 0 Å². The number of rotatable bonds is 5. The van der Waals surface area contributed by atoms with Crippen LogP contribution in [-0.2, 0) is 38.6 Å². The van der Waals surface area contributed by atoms with Crippen LogP contribution in [0.5, 0.6) is 0 Å². The van der Waals surface area contributed by atoms with Gasteiger partial charge >= 0.3 is 11.9 Å². The molecule has 1 N–H and O–H groups in total. The van der Waals surface area contributed by atoms with Gasteiger partial charge in [-0.05, 0) is 39.0 Å². The second-order valence-corrected chi connectivity index (χ2v) is 9.41. The molecule has 10 heteroatoms. The van der Waals surface area contributed by atoms with Crippen LogP contribution in [0.1, 0.15) is 26.3 Å². The lowest BCUT2D eigenvalue weighted by molar-refractivity contribution is -0.190. The Bertz CT molecular complexity index is 969. The minimum atomic E-state index is -4.03. The molecule has 4 atom stereocenters. The minimum absolute atomic E-state index is 0.0263. The molecule has 1 aromatic carbocycles. The van der Waals surface area contributed by atoms with Crippen molar-refractivity contribution in [2.75, 3.05) is 7.11 Å². The molecule has 1 saturated heterocycles. The predicted octanol–water partition coefficient (Wildman–Crippen LogP) is 1.21. The molecule has 0 bridgehead atoms. The van der Waals surface area contributed by atoms with E-state index in [0.717, 1.165) is 12.7 Å². The van der Waals surface area contributed by atoms with Crippen molar-refractivity contribution in [3.05, 3.63) is 42.0 Å². The zero-order valence-electron chi connectivity index (χ0n) is 17.4. The van der Waals surface area contributed by atoms with Gasteiger partial charge in [0.1, 0.15) is 12.2 Å². The number of fused-ring (bicyclic) bond motifs is 1. The van der Waals surface area contributed by atoms with E-state index in [0.29, 0.717) is 0 Å². The first kappa shape index (κ1) is 22.4. The van der Waals surface area contributed by atoms with Crippen LogP contribution in [0.25, 0.3) is 0 Å². The van der Waals surface area contributed by atoms with Gasteiger partial charge < -0.3 is 18.9 Å². The SMILES string of the molecule is COC(=O)[C@@]12OC(C)(C)O[C@@H]1[C@@H](OC(C)=O)C=C[C@H]2NS(=O)(=O)c1ccc(C)cc1. The lowest BCUT2D eigenvalue weighted by Crippen LogP contribution is -2.66. The third-order valence-corrected chi connectivity index (χ3v) is 6.38. The third kappa shape index (κ3) is 4.00. The number of methoxy groups -OCH3 is 1. The summed E-state index contributed by atoms with van der Waals surface area (Å²) in [6.45, 7) is 6.21. The summed E-state index contributed by atoms with van der Waals surface area (Å²) < 4.78 is 50.6. The van der Waals surface area contributed by atoms with Crippen molar-refractivity contribution in [1.29, 1.82) is 0 Å². The maximum absolute atomic E-state index is 13.0.